The normalized spacial score (nSPS) is 10.3. The molecule has 0 fully saturated rings. The zero-order valence-electron chi connectivity index (χ0n) is 7.74. The molecular weight excluding hydrogens is 231 g/mol. The van der Waals surface area contributed by atoms with Gasteiger partial charge in [0.2, 0.25) is 0 Å². The van der Waals surface area contributed by atoms with Crippen LogP contribution in [0, 0.1) is 0 Å². The van der Waals surface area contributed by atoms with Gasteiger partial charge in [-0.05, 0) is 35.9 Å². The van der Waals surface area contributed by atoms with Gasteiger partial charge in [-0.3, -0.25) is 0 Å². The third kappa shape index (κ3) is 2.25. The van der Waals surface area contributed by atoms with Gasteiger partial charge in [-0.2, -0.15) is 0 Å². The molecule has 15 heavy (non-hydrogen) atoms. The highest BCUT2D eigenvalue weighted by atomic mass is 35.5. The second-order valence-corrected chi connectivity index (χ2v) is 4.04. The van der Waals surface area contributed by atoms with Crippen LogP contribution in [0.3, 0.4) is 0 Å². The molecule has 0 unspecified atom stereocenters. The lowest BCUT2D eigenvalue weighted by Crippen LogP contribution is -1.79. The van der Waals surface area contributed by atoms with E-state index in [0.717, 1.165) is 5.56 Å². The fourth-order valence-corrected chi connectivity index (χ4v) is 1.67. The Hall–Kier alpha value is -1.18. The van der Waals surface area contributed by atoms with Gasteiger partial charge in [0.25, 0.3) is 0 Å². The Morgan fingerprint density at radius 3 is 2.07 bits per heavy atom. The largest absolute Gasteiger partial charge is 0.507 e. The predicted octanol–water partition coefficient (Wildman–Crippen LogP) is 4.37. The monoisotopic (exact) mass is 238 g/mol. The first-order valence-electron chi connectivity index (χ1n) is 4.41. The van der Waals surface area contributed by atoms with Crippen LogP contribution in [0.15, 0.2) is 42.5 Å². The Labute approximate surface area is 97.9 Å². The highest BCUT2D eigenvalue weighted by Gasteiger charge is 2.04. The summed E-state index contributed by atoms with van der Waals surface area (Å²) in [4.78, 5) is 0. The van der Waals surface area contributed by atoms with Crippen LogP contribution in [-0.4, -0.2) is 5.11 Å². The van der Waals surface area contributed by atoms with Crippen LogP contribution in [0.4, 0.5) is 0 Å². The number of phenolic OH excluding ortho intramolecular Hbond substituents is 1. The lowest BCUT2D eigenvalue weighted by atomic mass is 10.1. The maximum absolute atomic E-state index is 9.67. The van der Waals surface area contributed by atoms with Crippen molar-refractivity contribution < 1.29 is 5.11 Å². The van der Waals surface area contributed by atoms with Crippen molar-refractivity contribution in [1.82, 2.24) is 0 Å². The van der Waals surface area contributed by atoms with Crippen molar-refractivity contribution in [2.24, 2.45) is 0 Å². The van der Waals surface area contributed by atoms with Gasteiger partial charge in [0.1, 0.15) is 5.75 Å². The van der Waals surface area contributed by atoms with E-state index in [1.165, 1.54) is 0 Å². The average Bonchev–Trinajstić information content (AvgIpc) is 2.23. The summed E-state index contributed by atoms with van der Waals surface area (Å²) in [6, 6.07) is 12.2. The molecule has 0 heterocycles. The number of aromatic hydroxyl groups is 1. The minimum Gasteiger partial charge on any atom is -0.507 e. The lowest BCUT2D eigenvalue weighted by molar-refractivity contribution is 0.477. The second kappa shape index (κ2) is 4.13. The van der Waals surface area contributed by atoms with Crippen molar-refractivity contribution in [3.8, 4) is 16.9 Å². The minimum atomic E-state index is 0.210. The van der Waals surface area contributed by atoms with Crippen LogP contribution in [-0.2, 0) is 0 Å². The molecule has 0 aromatic heterocycles. The van der Waals surface area contributed by atoms with E-state index >= 15 is 0 Å². The van der Waals surface area contributed by atoms with Gasteiger partial charge in [0.15, 0.2) is 0 Å². The van der Waals surface area contributed by atoms with Crippen molar-refractivity contribution in [2.75, 3.05) is 0 Å². The molecule has 2 aromatic rings. The van der Waals surface area contributed by atoms with E-state index in [0.29, 0.717) is 15.6 Å². The van der Waals surface area contributed by atoms with Crippen LogP contribution in [0.25, 0.3) is 11.1 Å². The molecule has 0 atom stereocenters. The maximum Gasteiger partial charge on any atom is 0.123 e. The average molecular weight is 239 g/mol. The van der Waals surface area contributed by atoms with Crippen molar-refractivity contribution in [3.05, 3.63) is 52.5 Å². The molecule has 0 aliphatic heterocycles. The van der Waals surface area contributed by atoms with Crippen molar-refractivity contribution in [3.63, 3.8) is 0 Å². The Morgan fingerprint density at radius 1 is 0.800 bits per heavy atom. The van der Waals surface area contributed by atoms with Crippen molar-refractivity contribution >= 4 is 23.2 Å². The summed E-state index contributed by atoms with van der Waals surface area (Å²) in [5.41, 5.74) is 1.60. The van der Waals surface area contributed by atoms with E-state index in [-0.39, 0.29) is 5.75 Å². The fourth-order valence-electron chi connectivity index (χ4n) is 1.37. The molecule has 2 aromatic carbocycles. The topological polar surface area (TPSA) is 20.2 Å². The zero-order valence-corrected chi connectivity index (χ0v) is 9.26. The minimum absolute atomic E-state index is 0.210. The second-order valence-electron chi connectivity index (χ2n) is 3.17. The Morgan fingerprint density at radius 2 is 1.40 bits per heavy atom. The number of phenols is 1. The van der Waals surface area contributed by atoms with Gasteiger partial charge in [-0.15, -0.1) is 0 Å². The van der Waals surface area contributed by atoms with Gasteiger partial charge < -0.3 is 5.11 Å². The summed E-state index contributed by atoms with van der Waals surface area (Å²) < 4.78 is 0. The first-order valence-corrected chi connectivity index (χ1v) is 5.17. The summed E-state index contributed by atoms with van der Waals surface area (Å²) in [7, 11) is 0. The number of halogens is 2. The third-order valence-electron chi connectivity index (χ3n) is 2.11. The van der Waals surface area contributed by atoms with Crippen LogP contribution in [0.5, 0.6) is 5.75 Å². The molecule has 0 saturated carbocycles. The molecule has 2 rings (SSSR count). The number of hydrogen-bond donors (Lipinski definition) is 1. The van der Waals surface area contributed by atoms with E-state index in [4.69, 9.17) is 23.2 Å². The van der Waals surface area contributed by atoms with E-state index in [1.807, 2.05) is 12.1 Å². The first kappa shape index (κ1) is 10.3. The summed E-state index contributed by atoms with van der Waals surface area (Å²) in [5.74, 6) is 0.210. The van der Waals surface area contributed by atoms with E-state index in [1.54, 1.807) is 30.3 Å². The SMILES string of the molecule is Oc1ccc(Cl)cc1-c1ccc(Cl)cc1. The number of hydrogen-bond acceptors (Lipinski definition) is 1. The summed E-state index contributed by atoms with van der Waals surface area (Å²) in [6.45, 7) is 0. The zero-order chi connectivity index (χ0) is 10.8. The first-order chi connectivity index (χ1) is 7.16. The molecule has 76 valence electrons. The van der Waals surface area contributed by atoms with E-state index < -0.39 is 0 Å². The lowest BCUT2D eigenvalue weighted by Gasteiger charge is -2.05. The van der Waals surface area contributed by atoms with E-state index in [2.05, 4.69) is 0 Å². The van der Waals surface area contributed by atoms with Crippen molar-refractivity contribution in [2.45, 2.75) is 0 Å². The number of rotatable bonds is 1. The summed E-state index contributed by atoms with van der Waals surface area (Å²) in [6.07, 6.45) is 0. The maximum atomic E-state index is 9.67. The molecule has 0 aliphatic carbocycles. The van der Waals surface area contributed by atoms with Gasteiger partial charge in [-0.1, -0.05) is 35.3 Å². The quantitative estimate of drug-likeness (QED) is 0.783. The van der Waals surface area contributed by atoms with Gasteiger partial charge >= 0.3 is 0 Å². The fraction of sp³-hybridized carbons (Fsp3) is 0. The van der Waals surface area contributed by atoms with Crippen LogP contribution < -0.4 is 0 Å². The van der Waals surface area contributed by atoms with Crippen molar-refractivity contribution in [1.29, 1.82) is 0 Å². The van der Waals surface area contributed by atoms with E-state index in [9.17, 15) is 5.11 Å². The Kier molecular flexibility index (Phi) is 2.85. The molecule has 1 nitrogen and oxygen atoms in total. The molecule has 0 amide bonds. The van der Waals surface area contributed by atoms with Crippen LogP contribution in [0.1, 0.15) is 0 Å². The standard InChI is InChI=1S/C12H8Cl2O/c13-9-3-1-8(2-4-9)11-7-10(14)5-6-12(11)15/h1-7,15H. The third-order valence-corrected chi connectivity index (χ3v) is 2.60. The van der Waals surface area contributed by atoms with Crippen LogP contribution in [0.2, 0.25) is 10.0 Å². The van der Waals surface area contributed by atoms with Gasteiger partial charge in [0, 0.05) is 15.6 Å². The molecular formula is C12H8Cl2O. The molecule has 0 aliphatic rings. The Bertz CT molecular complexity index is 477. The highest BCUT2D eigenvalue weighted by molar-refractivity contribution is 6.31. The smallest absolute Gasteiger partial charge is 0.123 e. The van der Waals surface area contributed by atoms with Crippen LogP contribution >= 0.6 is 23.2 Å². The predicted molar refractivity (Wildman–Crippen MR) is 63.6 cm³/mol. The molecule has 0 saturated heterocycles. The van der Waals surface area contributed by atoms with Gasteiger partial charge in [0.05, 0.1) is 0 Å². The molecule has 1 N–H and O–H groups in total. The molecule has 0 radical (unpaired) electrons. The number of benzene rings is 2. The Balaban J connectivity index is 2.53. The molecule has 0 spiro atoms. The molecule has 0 bridgehead atoms. The summed E-state index contributed by atoms with van der Waals surface area (Å²) in [5, 5.41) is 10.9. The van der Waals surface area contributed by atoms with Gasteiger partial charge in [-0.25, -0.2) is 0 Å². The molecule has 3 heteroatoms. The highest BCUT2D eigenvalue weighted by Crippen LogP contribution is 2.32. The summed E-state index contributed by atoms with van der Waals surface area (Å²) >= 11 is 11.6.